The lowest BCUT2D eigenvalue weighted by Gasteiger charge is -2.21. The van der Waals surface area contributed by atoms with Crippen molar-refractivity contribution in [3.63, 3.8) is 0 Å². The second kappa shape index (κ2) is 7.73. The number of methoxy groups -OCH3 is 3. The maximum Gasteiger partial charge on any atom is 0.253 e. The first-order valence-corrected chi connectivity index (χ1v) is 7.61. The van der Waals surface area contributed by atoms with Gasteiger partial charge in [0.05, 0.1) is 21.3 Å². The molecule has 0 aliphatic heterocycles. The van der Waals surface area contributed by atoms with Gasteiger partial charge in [0.15, 0.2) is 11.5 Å². The molecule has 0 atom stereocenters. The zero-order chi connectivity index (χ0) is 17.7. The largest absolute Gasteiger partial charge is 0.493 e. The quantitative estimate of drug-likeness (QED) is 0.816. The van der Waals surface area contributed by atoms with Gasteiger partial charge in [0.25, 0.3) is 5.91 Å². The van der Waals surface area contributed by atoms with E-state index in [4.69, 9.17) is 14.2 Å². The Bertz CT molecular complexity index is 727. The van der Waals surface area contributed by atoms with E-state index in [0.717, 1.165) is 11.1 Å². The summed E-state index contributed by atoms with van der Waals surface area (Å²) in [5, 5.41) is 0. The number of carbonyl (C=O) groups excluding carboxylic acids is 1. The zero-order valence-electron chi connectivity index (χ0n) is 14.8. The molecule has 24 heavy (non-hydrogen) atoms. The van der Waals surface area contributed by atoms with Gasteiger partial charge in [0.1, 0.15) is 0 Å². The number of amides is 1. The molecule has 5 heteroatoms. The van der Waals surface area contributed by atoms with Crippen LogP contribution < -0.4 is 14.2 Å². The minimum absolute atomic E-state index is 0.0458. The molecule has 1 amide bonds. The van der Waals surface area contributed by atoms with Crippen molar-refractivity contribution >= 4 is 5.91 Å². The fraction of sp³-hybridized carbons (Fsp3) is 0.316. The summed E-state index contributed by atoms with van der Waals surface area (Å²) in [7, 11) is 6.47. The number of ether oxygens (including phenoxy) is 3. The van der Waals surface area contributed by atoms with Crippen LogP contribution in [0.2, 0.25) is 0 Å². The molecule has 0 radical (unpaired) electrons. The van der Waals surface area contributed by atoms with Gasteiger partial charge in [0, 0.05) is 24.7 Å². The lowest BCUT2D eigenvalue weighted by Crippen LogP contribution is -2.26. The number of hydrogen-bond donors (Lipinski definition) is 0. The molecular formula is C19H23NO4. The van der Waals surface area contributed by atoms with Gasteiger partial charge in [0.2, 0.25) is 5.75 Å². The van der Waals surface area contributed by atoms with Crippen LogP contribution in [-0.4, -0.2) is 39.2 Å². The molecule has 0 fully saturated rings. The van der Waals surface area contributed by atoms with Crippen molar-refractivity contribution in [1.82, 2.24) is 4.90 Å². The van der Waals surface area contributed by atoms with E-state index in [1.165, 1.54) is 0 Å². The molecule has 0 unspecified atom stereocenters. The first kappa shape index (κ1) is 17.7. The third-order valence-corrected chi connectivity index (χ3v) is 3.80. The van der Waals surface area contributed by atoms with Gasteiger partial charge in [-0.2, -0.15) is 0 Å². The van der Waals surface area contributed by atoms with Crippen LogP contribution in [0.15, 0.2) is 36.4 Å². The van der Waals surface area contributed by atoms with E-state index in [2.05, 4.69) is 0 Å². The van der Waals surface area contributed by atoms with Gasteiger partial charge in [-0.15, -0.1) is 0 Å². The molecule has 0 N–H and O–H groups in total. The van der Waals surface area contributed by atoms with Crippen molar-refractivity contribution in [2.45, 2.75) is 13.5 Å². The lowest BCUT2D eigenvalue weighted by atomic mass is 10.1. The van der Waals surface area contributed by atoms with Crippen molar-refractivity contribution < 1.29 is 19.0 Å². The molecule has 128 valence electrons. The second-order valence-corrected chi connectivity index (χ2v) is 5.52. The Morgan fingerprint density at radius 3 is 2.29 bits per heavy atom. The molecule has 0 spiro atoms. The van der Waals surface area contributed by atoms with E-state index < -0.39 is 0 Å². The number of nitrogens with zero attached hydrogens (tertiary/aromatic N) is 1. The molecule has 0 saturated carbocycles. The fourth-order valence-electron chi connectivity index (χ4n) is 2.61. The molecule has 0 aliphatic carbocycles. The highest BCUT2D eigenvalue weighted by atomic mass is 16.5. The van der Waals surface area contributed by atoms with E-state index in [1.54, 1.807) is 33.3 Å². The number of benzene rings is 2. The first-order chi connectivity index (χ1) is 11.5. The normalized spacial score (nSPS) is 10.2. The third-order valence-electron chi connectivity index (χ3n) is 3.80. The van der Waals surface area contributed by atoms with Crippen LogP contribution in [0.5, 0.6) is 17.2 Å². The standard InChI is InChI=1S/C19H23NO4/c1-13-7-6-8-14(11-13)19(21)20(2)12-15-9-10-16(22-3)18(24-5)17(15)23-4/h6-11H,12H2,1-5H3. The van der Waals surface area contributed by atoms with E-state index in [9.17, 15) is 4.79 Å². The summed E-state index contributed by atoms with van der Waals surface area (Å²) in [4.78, 5) is 14.3. The maximum atomic E-state index is 12.6. The van der Waals surface area contributed by atoms with Crippen molar-refractivity contribution in [3.05, 3.63) is 53.1 Å². The molecule has 0 saturated heterocycles. The average molecular weight is 329 g/mol. The molecule has 5 nitrogen and oxygen atoms in total. The SMILES string of the molecule is COc1ccc(CN(C)C(=O)c2cccc(C)c2)c(OC)c1OC. The Morgan fingerprint density at radius 1 is 1.00 bits per heavy atom. The average Bonchev–Trinajstić information content (AvgIpc) is 2.60. The smallest absolute Gasteiger partial charge is 0.253 e. The van der Waals surface area contributed by atoms with E-state index in [1.807, 2.05) is 43.3 Å². The zero-order valence-corrected chi connectivity index (χ0v) is 14.8. The Kier molecular flexibility index (Phi) is 5.68. The van der Waals surface area contributed by atoms with Crippen molar-refractivity contribution in [1.29, 1.82) is 0 Å². The summed E-state index contributed by atoms with van der Waals surface area (Å²) >= 11 is 0. The molecule has 0 aromatic heterocycles. The summed E-state index contributed by atoms with van der Waals surface area (Å²) in [6, 6.07) is 11.2. The number of carbonyl (C=O) groups is 1. The van der Waals surface area contributed by atoms with Crippen LogP contribution in [-0.2, 0) is 6.54 Å². The predicted octanol–water partition coefficient (Wildman–Crippen LogP) is 3.29. The second-order valence-electron chi connectivity index (χ2n) is 5.52. The molecule has 0 heterocycles. The van der Waals surface area contributed by atoms with Gasteiger partial charge >= 0.3 is 0 Å². The van der Waals surface area contributed by atoms with Crippen LogP contribution in [0.4, 0.5) is 0 Å². The van der Waals surface area contributed by atoms with Gasteiger partial charge in [-0.1, -0.05) is 17.7 Å². The topological polar surface area (TPSA) is 48.0 Å². The van der Waals surface area contributed by atoms with Gasteiger partial charge < -0.3 is 19.1 Å². The third kappa shape index (κ3) is 3.62. The minimum atomic E-state index is -0.0458. The summed E-state index contributed by atoms with van der Waals surface area (Å²) in [6.07, 6.45) is 0. The molecule has 2 aromatic carbocycles. The summed E-state index contributed by atoms with van der Waals surface area (Å²) in [5.74, 6) is 1.64. The van der Waals surface area contributed by atoms with Crippen LogP contribution in [0, 0.1) is 6.92 Å². The molecular weight excluding hydrogens is 306 g/mol. The number of hydrogen-bond acceptors (Lipinski definition) is 4. The highest BCUT2D eigenvalue weighted by Crippen LogP contribution is 2.40. The Labute approximate surface area is 142 Å². The summed E-state index contributed by atoms with van der Waals surface area (Å²) < 4.78 is 16.1. The van der Waals surface area contributed by atoms with Gasteiger partial charge in [-0.3, -0.25) is 4.79 Å². The van der Waals surface area contributed by atoms with E-state index in [0.29, 0.717) is 29.4 Å². The minimum Gasteiger partial charge on any atom is -0.493 e. The summed E-state index contributed by atoms with van der Waals surface area (Å²) in [5.41, 5.74) is 2.56. The van der Waals surface area contributed by atoms with E-state index in [-0.39, 0.29) is 5.91 Å². The molecule has 2 rings (SSSR count). The van der Waals surface area contributed by atoms with Crippen molar-refractivity contribution in [2.24, 2.45) is 0 Å². The van der Waals surface area contributed by atoms with Gasteiger partial charge in [-0.05, 0) is 31.2 Å². The molecule has 0 aliphatic rings. The Morgan fingerprint density at radius 2 is 1.71 bits per heavy atom. The van der Waals surface area contributed by atoms with Crippen molar-refractivity contribution in [3.8, 4) is 17.2 Å². The highest BCUT2D eigenvalue weighted by Gasteiger charge is 2.19. The summed E-state index contributed by atoms with van der Waals surface area (Å²) in [6.45, 7) is 2.37. The number of aryl methyl sites for hydroxylation is 1. The lowest BCUT2D eigenvalue weighted by molar-refractivity contribution is 0.0784. The molecule has 2 aromatic rings. The van der Waals surface area contributed by atoms with Crippen LogP contribution in [0.3, 0.4) is 0 Å². The van der Waals surface area contributed by atoms with Crippen LogP contribution in [0.1, 0.15) is 21.5 Å². The molecule has 0 bridgehead atoms. The van der Waals surface area contributed by atoms with Crippen molar-refractivity contribution in [2.75, 3.05) is 28.4 Å². The van der Waals surface area contributed by atoms with Gasteiger partial charge in [-0.25, -0.2) is 0 Å². The fourth-order valence-corrected chi connectivity index (χ4v) is 2.61. The Hall–Kier alpha value is -2.69. The van der Waals surface area contributed by atoms with Crippen LogP contribution >= 0.6 is 0 Å². The van der Waals surface area contributed by atoms with Crippen LogP contribution in [0.25, 0.3) is 0 Å². The Balaban J connectivity index is 2.28. The predicted molar refractivity (Wildman–Crippen MR) is 93.1 cm³/mol. The first-order valence-electron chi connectivity index (χ1n) is 7.61. The monoisotopic (exact) mass is 329 g/mol. The number of rotatable bonds is 6. The maximum absolute atomic E-state index is 12.6. The highest BCUT2D eigenvalue weighted by molar-refractivity contribution is 5.94. The van der Waals surface area contributed by atoms with E-state index >= 15 is 0 Å².